The lowest BCUT2D eigenvalue weighted by atomic mass is 9.97. The zero-order chi connectivity index (χ0) is 24.6. The highest BCUT2D eigenvalue weighted by molar-refractivity contribution is 7.99. The molecule has 0 spiro atoms. The van der Waals surface area contributed by atoms with E-state index in [0.29, 0.717) is 18.0 Å². The van der Waals surface area contributed by atoms with Crippen molar-refractivity contribution in [1.82, 2.24) is 28.5 Å². The van der Waals surface area contributed by atoms with Gasteiger partial charge >= 0.3 is 0 Å². The van der Waals surface area contributed by atoms with Crippen LogP contribution in [0.25, 0.3) is 11.4 Å². The fourth-order valence-electron chi connectivity index (χ4n) is 5.08. The largest absolute Gasteiger partial charge is 0.357 e. The maximum Gasteiger partial charge on any atom is 0.243 e. The molecule has 0 bridgehead atoms. The number of benzene rings is 1. The molecule has 0 amide bonds. The quantitative estimate of drug-likeness (QED) is 0.339. The molecule has 4 heterocycles. The van der Waals surface area contributed by atoms with Gasteiger partial charge in [-0.15, -0.1) is 10.2 Å². The van der Waals surface area contributed by atoms with Crippen molar-refractivity contribution < 1.29 is 8.42 Å². The van der Waals surface area contributed by atoms with Crippen molar-refractivity contribution in [3.8, 4) is 11.4 Å². The summed E-state index contributed by atoms with van der Waals surface area (Å²) < 4.78 is 32.1. The van der Waals surface area contributed by atoms with Crippen molar-refractivity contribution in [2.45, 2.75) is 49.2 Å². The van der Waals surface area contributed by atoms with E-state index in [4.69, 9.17) is 0 Å². The Morgan fingerprint density at radius 2 is 1.86 bits per heavy atom. The number of aromatic nitrogens is 4. The molecule has 188 valence electrons. The number of hydrogen-bond acceptors (Lipinski definition) is 6. The summed E-state index contributed by atoms with van der Waals surface area (Å²) in [5.41, 5.74) is 4.40. The van der Waals surface area contributed by atoms with E-state index in [0.717, 1.165) is 78.7 Å². The molecule has 1 fully saturated rings. The van der Waals surface area contributed by atoms with Crippen LogP contribution in [0.1, 0.15) is 36.0 Å². The first-order chi connectivity index (χ1) is 16.8. The number of sulfonamides is 1. The van der Waals surface area contributed by atoms with Crippen LogP contribution in [0.15, 0.2) is 40.6 Å². The normalized spacial score (nSPS) is 17.2. The summed E-state index contributed by atoms with van der Waals surface area (Å²) in [5, 5.41) is 9.68. The molecule has 10 heteroatoms. The third kappa shape index (κ3) is 5.07. The van der Waals surface area contributed by atoms with Gasteiger partial charge in [0.15, 0.2) is 11.0 Å². The zero-order valence-corrected chi connectivity index (χ0v) is 22.4. The third-order valence-corrected chi connectivity index (χ3v) is 10.2. The van der Waals surface area contributed by atoms with Crippen molar-refractivity contribution >= 4 is 21.8 Å². The first-order valence-corrected chi connectivity index (χ1v) is 14.7. The van der Waals surface area contributed by atoms with Crippen molar-refractivity contribution in [2.24, 2.45) is 14.1 Å². The Morgan fingerprint density at radius 3 is 2.60 bits per heavy atom. The Morgan fingerprint density at radius 1 is 1.06 bits per heavy atom. The molecule has 0 N–H and O–H groups in total. The summed E-state index contributed by atoms with van der Waals surface area (Å²) in [4.78, 5) is 2.93. The minimum atomic E-state index is -3.40. The molecule has 2 aromatic heterocycles. The molecule has 5 rings (SSSR count). The molecule has 0 saturated carbocycles. The van der Waals surface area contributed by atoms with Crippen molar-refractivity contribution in [2.75, 3.05) is 31.9 Å². The van der Waals surface area contributed by atoms with Crippen molar-refractivity contribution in [1.29, 1.82) is 0 Å². The SMILES string of the molecule is Cc1cc2c(cc1S(=O)(=O)N1CCCC1)CN(CCCSc1nnc(-c3ccn(C)c3)n1C)CC2. The molecule has 0 aliphatic carbocycles. The number of fused-ring (bicyclic) bond motifs is 1. The van der Waals surface area contributed by atoms with Gasteiger partial charge in [0.05, 0.1) is 4.90 Å². The monoisotopic (exact) mass is 514 g/mol. The van der Waals surface area contributed by atoms with Gasteiger partial charge in [-0.1, -0.05) is 17.8 Å². The van der Waals surface area contributed by atoms with Crippen LogP contribution in [0.3, 0.4) is 0 Å². The topological polar surface area (TPSA) is 76.3 Å². The summed E-state index contributed by atoms with van der Waals surface area (Å²) >= 11 is 1.74. The molecule has 0 atom stereocenters. The molecule has 8 nitrogen and oxygen atoms in total. The highest BCUT2D eigenvalue weighted by Gasteiger charge is 2.30. The molecular weight excluding hydrogens is 480 g/mol. The van der Waals surface area contributed by atoms with Crippen LogP contribution in [0, 0.1) is 6.92 Å². The summed E-state index contributed by atoms with van der Waals surface area (Å²) in [5.74, 6) is 1.85. The van der Waals surface area contributed by atoms with Gasteiger partial charge in [-0.25, -0.2) is 8.42 Å². The second-order valence-electron chi connectivity index (χ2n) is 9.66. The standard InChI is InChI=1S/C25H34N6O2S2/c1-19-15-20-8-13-30(18-22(20)16-23(19)35(32,33)31-10-4-5-11-31)9-6-14-34-25-27-26-24(29(25)3)21-7-12-28(2)17-21/h7,12,15-17H,4-6,8-11,13-14,18H2,1-3H3. The highest BCUT2D eigenvalue weighted by atomic mass is 32.2. The predicted molar refractivity (Wildman–Crippen MR) is 139 cm³/mol. The van der Waals surface area contributed by atoms with Gasteiger partial charge in [-0.05, 0) is 68.0 Å². The number of thioether (sulfide) groups is 1. The summed E-state index contributed by atoms with van der Waals surface area (Å²) in [6.07, 6.45) is 7.98. The first-order valence-electron chi connectivity index (χ1n) is 12.3. The lowest BCUT2D eigenvalue weighted by Crippen LogP contribution is -2.33. The Labute approximate surface area is 212 Å². The van der Waals surface area contributed by atoms with E-state index in [2.05, 4.69) is 38.0 Å². The van der Waals surface area contributed by atoms with Crippen LogP contribution < -0.4 is 0 Å². The highest BCUT2D eigenvalue weighted by Crippen LogP contribution is 2.30. The maximum absolute atomic E-state index is 13.2. The molecule has 35 heavy (non-hydrogen) atoms. The summed E-state index contributed by atoms with van der Waals surface area (Å²) in [7, 11) is 0.621. The minimum absolute atomic E-state index is 0.493. The van der Waals surface area contributed by atoms with Crippen LogP contribution in [0.2, 0.25) is 0 Å². The number of nitrogens with zero attached hydrogens (tertiary/aromatic N) is 6. The van der Waals surface area contributed by atoms with Crippen molar-refractivity contribution in [3.05, 3.63) is 47.3 Å². The van der Waals surface area contributed by atoms with Gasteiger partial charge in [-0.2, -0.15) is 4.31 Å². The lowest BCUT2D eigenvalue weighted by molar-refractivity contribution is 0.255. The predicted octanol–water partition coefficient (Wildman–Crippen LogP) is 3.45. The second kappa shape index (κ2) is 10.1. The molecule has 0 radical (unpaired) electrons. The molecule has 2 aliphatic heterocycles. The Hall–Kier alpha value is -2.14. The number of rotatable bonds is 8. The first kappa shape index (κ1) is 24.5. The fourth-order valence-corrected chi connectivity index (χ4v) is 7.69. The van der Waals surface area contributed by atoms with E-state index >= 15 is 0 Å². The lowest BCUT2D eigenvalue weighted by Gasteiger charge is -2.30. The van der Waals surface area contributed by atoms with E-state index in [1.54, 1.807) is 16.1 Å². The van der Waals surface area contributed by atoms with Gasteiger partial charge in [0.1, 0.15) is 0 Å². The van der Waals surface area contributed by atoms with Gasteiger partial charge in [-0.3, -0.25) is 4.90 Å². The second-order valence-corrected chi connectivity index (χ2v) is 12.6. The number of aryl methyl sites for hydroxylation is 2. The third-order valence-electron chi connectivity index (χ3n) is 7.05. The fraction of sp³-hybridized carbons (Fsp3) is 0.520. The van der Waals surface area contributed by atoms with Crippen LogP contribution in [0.4, 0.5) is 0 Å². The smallest absolute Gasteiger partial charge is 0.243 e. The van der Waals surface area contributed by atoms with Crippen LogP contribution in [-0.2, 0) is 37.1 Å². The van der Waals surface area contributed by atoms with Gasteiger partial charge in [0.25, 0.3) is 0 Å². The van der Waals surface area contributed by atoms with E-state index < -0.39 is 10.0 Å². The molecule has 1 aromatic carbocycles. The molecule has 3 aromatic rings. The van der Waals surface area contributed by atoms with Gasteiger partial charge in [0.2, 0.25) is 10.0 Å². The Balaban J connectivity index is 1.18. The van der Waals surface area contributed by atoms with E-state index in [1.165, 1.54) is 5.56 Å². The Bertz CT molecular complexity index is 1310. The van der Waals surface area contributed by atoms with Gasteiger partial charge in [0, 0.05) is 64.0 Å². The number of hydrogen-bond donors (Lipinski definition) is 0. The van der Waals surface area contributed by atoms with Crippen LogP contribution in [0.5, 0.6) is 0 Å². The van der Waals surface area contributed by atoms with E-state index in [9.17, 15) is 8.42 Å². The average molecular weight is 515 g/mol. The van der Waals surface area contributed by atoms with Gasteiger partial charge < -0.3 is 9.13 Å². The molecule has 2 aliphatic rings. The molecular formula is C25H34N6O2S2. The van der Waals surface area contributed by atoms with Crippen molar-refractivity contribution in [3.63, 3.8) is 0 Å². The van der Waals surface area contributed by atoms with E-state index in [1.807, 2.05) is 37.8 Å². The zero-order valence-electron chi connectivity index (χ0n) is 20.8. The maximum atomic E-state index is 13.2. The van der Waals surface area contributed by atoms with Crippen LogP contribution >= 0.6 is 11.8 Å². The molecule has 1 saturated heterocycles. The summed E-state index contributed by atoms with van der Waals surface area (Å²) in [6, 6.07) is 6.10. The molecule has 0 unspecified atom stereocenters. The Kier molecular flexibility index (Phi) is 7.07. The average Bonchev–Trinajstić information content (AvgIpc) is 3.59. The van der Waals surface area contributed by atoms with Crippen LogP contribution in [-0.4, -0.2) is 68.9 Å². The summed E-state index contributed by atoms with van der Waals surface area (Å²) in [6.45, 7) is 6.02. The minimum Gasteiger partial charge on any atom is -0.357 e. The van der Waals surface area contributed by atoms with E-state index in [-0.39, 0.29) is 0 Å².